The van der Waals surface area contributed by atoms with Crippen LogP contribution in [0.1, 0.15) is 12.8 Å². The first-order valence-electron chi connectivity index (χ1n) is 10.1. The molecule has 1 fully saturated rings. The van der Waals surface area contributed by atoms with E-state index in [1.54, 1.807) is 34.8 Å². The molecule has 0 unspecified atom stereocenters. The van der Waals surface area contributed by atoms with Gasteiger partial charge >= 0.3 is 0 Å². The Balaban J connectivity index is 1.27. The number of fused-ring (bicyclic) bond motifs is 1. The summed E-state index contributed by atoms with van der Waals surface area (Å²) in [4.78, 5) is 4.96. The lowest BCUT2D eigenvalue weighted by Gasteiger charge is -2.31. The summed E-state index contributed by atoms with van der Waals surface area (Å²) < 4.78 is 29.5. The van der Waals surface area contributed by atoms with Gasteiger partial charge in [-0.25, -0.2) is 8.42 Å². The van der Waals surface area contributed by atoms with Gasteiger partial charge in [0.05, 0.1) is 28.5 Å². The van der Waals surface area contributed by atoms with Gasteiger partial charge in [-0.3, -0.25) is 10.1 Å². The monoisotopic (exact) mass is 421 g/mol. The SMILES string of the molecule is O=S(=O)(c1ccccc1)N1CCC(Cn2ccc3cc(-c4cn[nH]c4)ncc32)CC1. The van der Waals surface area contributed by atoms with E-state index in [2.05, 4.69) is 38.1 Å². The Morgan fingerprint density at radius 1 is 1.07 bits per heavy atom. The van der Waals surface area contributed by atoms with Crippen LogP contribution in [0.25, 0.3) is 22.2 Å². The third-order valence-corrected chi connectivity index (χ3v) is 7.77. The predicted molar refractivity (Wildman–Crippen MR) is 115 cm³/mol. The lowest BCUT2D eigenvalue weighted by atomic mass is 9.98. The number of nitrogens with zero attached hydrogens (tertiary/aromatic N) is 4. The molecule has 7 nitrogen and oxygen atoms in total. The van der Waals surface area contributed by atoms with Crippen LogP contribution in [-0.2, 0) is 16.6 Å². The molecule has 1 aliphatic heterocycles. The number of pyridine rings is 1. The maximum absolute atomic E-state index is 12.8. The summed E-state index contributed by atoms with van der Waals surface area (Å²) in [5.41, 5.74) is 2.96. The minimum Gasteiger partial charge on any atom is -0.346 e. The van der Waals surface area contributed by atoms with Gasteiger partial charge in [0.25, 0.3) is 0 Å². The van der Waals surface area contributed by atoms with E-state index in [9.17, 15) is 8.42 Å². The average Bonchev–Trinajstić information content (AvgIpc) is 3.45. The second-order valence-corrected chi connectivity index (χ2v) is 9.68. The summed E-state index contributed by atoms with van der Waals surface area (Å²) in [6.07, 6.45) is 9.31. The van der Waals surface area contributed by atoms with E-state index in [1.807, 2.05) is 18.5 Å². The van der Waals surface area contributed by atoms with Crippen LogP contribution in [0.3, 0.4) is 0 Å². The van der Waals surface area contributed by atoms with Gasteiger partial charge in [0.1, 0.15) is 0 Å². The number of rotatable bonds is 5. The molecule has 0 radical (unpaired) electrons. The first kappa shape index (κ1) is 19.0. The highest BCUT2D eigenvalue weighted by Crippen LogP contribution is 2.27. The Morgan fingerprint density at radius 3 is 2.60 bits per heavy atom. The van der Waals surface area contributed by atoms with Gasteiger partial charge in [-0.1, -0.05) is 18.2 Å². The Kier molecular flexibility index (Phi) is 4.88. The van der Waals surface area contributed by atoms with Crippen molar-refractivity contribution in [3.05, 3.63) is 67.3 Å². The van der Waals surface area contributed by atoms with Gasteiger partial charge in [0.15, 0.2) is 0 Å². The summed E-state index contributed by atoms with van der Waals surface area (Å²) in [5.74, 6) is 0.441. The topological polar surface area (TPSA) is 83.9 Å². The van der Waals surface area contributed by atoms with Crippen molar-refractivity contribution >= 4 is 20.9 Å². The van der Waals surface area contributed by atoms with Gasteiger partial charge in [-0.15, -0.1) is 0 Å². The zero-order valence-corrected chi connectivity index (χ0v) is 17.3. The molecule has 1 saturated heterocycles. The Labute approximate surface area is 175 Å². The lowest BCUT2D eigenvalue weighted by Crippen LogP contribution is -2.39. The second-order valence-electron chi connectivity index (χ2n) is 7.74. The number of aromatic nitrogens is 4. The third kappa shape index (κ3) is 3.53. The molecular weight excluding hydrogens is 398 g/mol. The van der Waals surface area contributed by atoms with Crippen molar-refractivity contribution in [3.8, 4) is 11.3 Å². The maximum atomic E-state index is 12.8. The molecule has 0 aliphatic carbocycles. The molecule has 0 saturated carbocycles. The van der Waals surface area contributed by atoms with Crippen molar-refractivity contribution in [2.45, 2.75) is 24.3 Å². The van der Waals surface area contributed by atoms with Crippen LogP contribution in [0.15, 0.2) is 72.1 Å². The minimum absolute atomic E-state index is 0.374. The van der Waals surface area contributed by atoms with E-state index in [4.69, 9.17) is 0 Å². The molecule has 4 aromatic rings. The molecule has 0 atom stereocenters. The fourth-order valence-corrected chi connectivity index (χ4v) is 5.64. The van der Waals surface area contributed by atoms with Crippen LogP contribution in [0, 0.1) is 5.92 Å². The van der Waals surface area contributed by atoms with Crippen LogP contribution in [0.4, 0.5) is 0 Å². The maximum Gasteiger partial charge on any atom is 0.243 e. The van der Waals surface area contributed by atoms with Crippen molar-refractivity contribution in [2.24, 2.45) is 5.92 Å². The molecule has 30 heavy (non-hydrogen) atoms. The summed E-state index contributed by atoms with van der Waals surface area (Å²) >= 11 is 0. The molecule has 1 N–H and O–H groups in total. The summed E-state index contributed by atoms with van der Waals surface area (Å²) in [7, 11) is -3.40. The third-order valence-electron chi connectivity index (χ3n) is 5.86. The van der Waals surface area contributed by atoms with E-state index in [-0.39, 0.29) is 0 Å². The number of sulfonamides is 1. The summed E-state index contributed by atoms with van der Waals surface area (Å²) in [6.45, 7) is 1.99. The molecule has 8 heteroatoms. The molecule has 0 amide bonds. The average molecular weight is 422 g/mol. The molecular formula is C22H23N5O2S. The zero-order valence-electron chi connectivity index (χ0n) is 16.5. The molecule has 154 valence electrons. The fourth-order valence-electron chi connectivity index (χ4n) is 4.15. The van der Waals surface area contributed by atoms with Gasteiger partial charge in [-0.05, 0) is 43.0 Å². The first-order valence-corrected chi connectivity index (χ1v) is 11.5. The fraction of sp³-hybridized carbons (Fsp3) is 0.273. The van der Waals surface area contributed by atoms with E-state index in [0.29, 0.717) is 23.9 Å². The molecule has 3 aromatic heterocycles. The number of hydrogen-bond acceptors (Lipinski definition) is 4. The number of nitrogens with one attached hydrogen (secondary N) is 1. The van der Waals surface area contributed by atoms with Gasteiger partial charge in [-0.2, -0.15) is 9.40 Å². The van der Waals surface area contributed by atoms with Gasteiger partial charge in [0, 0.05) is 43.0 Å². The number of benzene rings is 1. The zero-order chi connectivity index (χ0) is 20.6. The van der Waals surface area contributed by atoms with Crippen molar-refractivity contribution in [1.29, 1.82) is 0 Å². The van der Waals surface area contributed by atoms with E-state index < -0.39 is 10.0 Å². The smallest absolute Gasteiger partial charge is 0.243 e. The highest BCUT2D eigenvalue weighted by atomic mass is 32.2. The first-order chi connectivity index (χ1) is 14.6. The van der Waals surface area contributed by atoms with Crippen LogP contribution in [0.5, 0.6) is 0 Å². The Morgan fingerprint density at radius 2 is 1.87 bits per heavy atom. The standard InChI is InChI=1S/C22H23N5O2S/c28-30(29,20-4-2-1-3-5-20)27-10-6-17(7-11-27)16-26-9-8-18-12-21(23-15-22(18)26)19-13-24-25-14-19/h1-5,8-9,12-15,17H,6-7,10-11,16H2,(H,24,25). The quantitative estimate of drug-likeness (QED) is 0.534. The van der Waals surface area contributed by atoms with Crippen LogP contribution >= 0.6 is 0 Å². The van der Waals surface area contributed by atoms with Crippen molar-refractivity contribution < 1.29 is 8.42 Å². The number of hydrogen-bond donors (Lipinski definition) is 1. The summed E-state index contributed by atoms with van der Waals surface area (Å²) in [6, 6.07) is 12.9. The van der Waals surface area contributed by atoms with E-state index in [0.717, 1.165) is 41.5 Å². The Hall–Kier alpha value is -2.97. The number of aromatic amines is 1. The highest BCUT2D eigenvalue weighted by Gasteiger charge is 2.29. The van der Waals surface area contributed by atoms with Crippen LogP contribution in [-0.4, -0.2) is 45.6 Å². The molecule has 1 aliphatic rings. The van der Waals surface area contributed by atoms with Crippen molar-refractivity contribution in [2.75, 3.05) is 13.1 Å². The normalized spacial score (nSPS) is 16.3. The highest BCUT2D eigenvalue weighted by molar-refractivity contribution is 7.89. The minimum atomic E-state index is -3.40. The van der Waals surface area contributed by atoms with E-state index in [1.165, 1.54) is 0 Å². The van der Waals surface area contributed by atoms with Crippen molar-refractivity contribution in [1.82, 2.24) is 24.1 Å². The molecule has 4 heterocycles. The van der Waals surface area contributed by atoms with Gasteiger partial charge in [0.2, 0.25) is 10.0 Å². The second kappa shape index (κ2) is 7.70. The largest absolute Gasteiger partial charge is 0.346 e. The van der Waals surface area contributed by atoms with E-state index >= 15 is 0 Å². The molecule has 0 spiro atoms. The molecule has 0 bridgehead atoms. The Bertz CT molecular complexity index is 1240. The van der Waals surface area contributed by atoms with Crippen LogP contribution in [0.2, 0.25) is 0 Å². The predicted octanol–water partition coefficient (Wildman–Crippen LogP) is 3.53. The lowest BCUT2D eigenvalue weighted by molar-refractivity contribution is 0.254. The molecule has 5 rings (SSSR count). The summed E-state index contributed by atoms with van der Waals surface area (Å²) in [5, 5.41) is 7.95. The van der Waals surface area contributed by atoms with Crippen LogP contribution < -0.4 is 0 Å². The molecule has 1 aromatic carbocycles. The van der Waals surface area contributed by atoms with Crippen molar-refractivity contribution in [3.63, 3.8) is 0 Å². The number of piperidine rings is 1. The number of H-pyrrole nitrogens is 1. The van der Waals surface area contributed by atoms with Gasteiger partial charge < -0.3 is 4.57 Å².